The minimum atomic E-state index is -3.51. The van der Waals surface area contributed by atoms with Crippen molar-refractivity contribution in [3.8, 4) is 0 Å². The fraction of sp³-hybridized carbons (Fsp3) is 0.529. The molecule has 25 heavy (non-hydrogen) atoms. The lowest BCUT2D eigenvalue weighted by atomic mass is 10.2. The van der Waals surface area contributed by atoms with Gasteiger partial charge in [-0.2, -0.15) is 0 Å². The number of benzene rings is 1. The van der Waals surface area contributed by atoms with E-state index >= 15 is 0 Å². The van der Waals surface area contributed by atoms with Gasteiger partial charge in [0.15, 0.2) is 0 Å². The Bertz CT molecular complexity index is 736. The third-order valence-electron chi connectivity index (χ3n) is 4.41. The number of hydrogen-bond acceptors (Lipinski definition) is 4. The van der Waals surface area contributed by atoms with Crippen LogP contribution in [0.1, 0.15) is 42.5 Å². The SMILES string of the molecule is O=C(NCCC(=O)N1CCCC1)c1ccc(S(=O)(=O)NC2CC2)cc1. The van der Waals surface area contributed by atoms with Crippen molar-refractivity contribution >= 4 is 21.8 Å². The number of sulfonamides is 1. The Balaban J connectivity index is 1.49. The molecule has 3 rings (SSSR count). The Morgan fingerprint density at radius 3 is 2.32 bits per heavy atom. The van der Waals surface area contributed by atoms with Gasteiger partial charge < -0.3 is 10.2 Å². The molecule has 7 nitrogen and oxygen atoms in total. The van der Waals surface area contributed by atoms with Crippen LogP contribution in [0.5, 0.6) is 0 Å². The van der Waals surface area contributed by atoms with Gasteiger partial charge in [0.2, 0.25) is 15.9 Å². The van der Waals surface area contributed by atoms with Crippen LogP contribution in [0.15, 0.2) is 29.2 Å². The number of carbonyl (C=O) groups is 2. The van der Waals surface area contributed by atoms with Gasteiger partial charge in [-0.05, 0) is 49.9 Å². The second-order valence-corrected chi connectivity index (χ2v) is 8.23. The lowest BCUT2D eigenvalue weighted by Crippen LogP contribution is -2.32. The highest BCUT2D eigenvalue weighted by atomic mass is 32.2. The van der Waals surface area contributed by atoms with Crippen LogP contribution in [0.4, 0.5) is 0 Å². The molecule has 1 aromatic carbocycles. The summed E-state index contributed by atoms with van der Waals surface area (Å²) in [4.78, 5) is 26.0. The van der Waals surface area contributed by atoms with Crippen molar-refractivity contribution in [3.05, 3.63) is 29.8 Å². The maximum atomic E-state index is 12.1. The predicted octanol–water partition coefficient (Wildman–Crippen LogP) is 0.870. The maximum absolute atomic E-state index is 12.1. The highest BCUT2D eigenvalue weighted by Crippen LogP contribution is 2.22. The fourth-order valence-electron chi connectivity index (χ4n) is 2.78. The molecule has 2 N–H and O–H groups in total. The predicted molar refractivity (Wildman–Crippen MR) is 92.5 cm³/mol. The number of amides is 2. The minimum absolute atomic E-state index is 0.0427. The van der Waals surface area contributed by atoms with Crippen LogP contribution in [-0.4, -0.2) is 50.8 Å². The Morgan fingerprint density at radius 2 is 1.72 bits per heavy atom. The van der Waals surface area contributed by atoms with Gasteiger partial charge in [0.05, 0.1) is 4.90 Å². The second-order valence-electron chi connectivity index (χ2n) is 6.51. The van der Waals surface area contributed by atoms with Crippen molar-refractivity contribution in [2.45, 2.75) is 43.0 Å². The normalized spacial score (nSPS) is 17.5. The average Bonchev–Trinajstić information content (AvgIpc) is 3.22. The number of nitrogens with one attached hydrogen (secondary N) is 2. The van der Waals surface area contributed by atoms with Crippen molar-refractivity contribution < 1.29 is 18.0 Å². The zero-order chi connectivity index (χ0) is 17.9. The Kier molecular flexibility index (Phi) is 5.39. The van der Waals surface area contributed by atoms with E-state index in [1.54, 1.807) is 0 Å². The molecule has 0 bridgehead atoms. The Labute approximate surface area is 147 Å². The molecule has 2 aliphatic rings. The third-order valence-corrected chi connectivity index (χ3v) is 5.95. The van der Waals surface area contributed by atoms with Gasteiger partial charge >= 0.3 is 0 Å². The Hall–Kier alpha value is -1.93. The van der Waals surface area contributed by atoms with E-state index in [2.05, 4.69) is 10.0 Å². The first kappa shape index (κ1) is 17.9. The number of likely N-dealkylation sites (tertiary alicyclic amines) is 1. The first-order valence-electron chi connectivity index (χ1n) is 8.64. The third kappa shape index (κ3) is 4.79. The molecule has 2 amide bonds. The summed E-state index contributed by atoms with van der Waals surface area (Å²) in [6, 6.07) is 5.86. The first-order valence-corrected chi connectivity index (χ1v) is 10.1. The zero-order valence-electron chi connectivity index (χ0n) is 14.0. The summed E-state index contributed by atoms with van der Waals surface area (Å²) in [5.41, 5.74) is 0.374. The van der Waals surface area contributed by atoms with E-state index in [1.165, 1.54) is 24.3 Å². The summed E-state index contributed by atoms with van der Waals surface area (Å²) < 4.78 is 26.8. The molecule has 0 radical (unpaired) electrons. The summed E-state index contributed by atoms with van der Waals surface area (Å²) in [5.74, 6) is -0.251. The quantitative estimate of drug-likeness (QED) is 0.749. The van der Waals surface area contributed by atoms with Gasteiger partial charge in [-0.1, -0.05) is 0 Å². The molecule has 1 saturated carbocycles. The van der Waals surface area contributed by atoms with Gasteiger partial charge in [0.25, 0.3) is 5.91 Å². The molecule has 1 heterocycles. The summed E-state index contributed by atoms with van der Waals surface area (Å²) in [6.07, 6.45) is 4.11. The van der Waals surface area contributed by atoms with E-state index < -0.39 is 10.0 Å². The largest absolute Gasteiger partial charge is 0.352 e. The van der Waals surface area contributed by atoms with E-state index in [9.17, 15) is 18.0 Å². The lowest BCUT2D eigenvalue weighted by Gasteiger charge is -2.15. The van der Waals surface area contributed by atoms with Crippen LogP contribution in [0.25, 0.3) is 0 Å². The second kappa shape index (κ2) is 7.53. The van der Waals surface area contributed by atoms with Crippen molar-refractivity contribution in [2.75, 3.05) is 19.6 Å². The molecule has 0 atom stereocenters. The molecule has 2 fully saturated rings. The molecule has 0 spiro atoms. The van der Waals surface area contributed by atoms with E-state index in [0.29, 0.717) is 5.56 Å². The van der Waals surface area contributed by atoms with Crippen LogP contribution in [0.3, 0.4) is 0 Å². The van der Waals surface area contributed by atoms with Crippen LogP contribution in [-0.2, 0) is 14.8 Å². The van der Waals surface area contributed by atoms with Gasteiger partial charge in [-0.3, -0.25) is 9.59 Å². The fourth-order valence-corrected chi connectivity index (χ4v) is 4.09. The van der Waals surface area contributed by atoms with Gasteiger partial charge in [0, 0.05) is 37.7 Å². The van der Waals surface area contributed by atoms with Gasteiger partial charge in [-0.15, -0.1) is 0 Å². The van der Waals surface area contributed by atoms with Crippen molar-refractivity contribution in [1.29, 1.82) is 0 Å². The first-order chi connectivity index (χ1) is 12.0. The van der Waals surface area contributed by atoms with E-state index in [1.807, 2.05) is 4.90 Å². The molecule has 1 aromatic rings. The van der Waals surface area contributed by atoms with Crippen LogP contribution >= 0.6 is 0 Å². The molecule has 8 heteroatoms. The molecule has 0 aromatic heterocycles. The number of hydrogen-bond donors (Lipinski definition) is 2. The van der Waals surface area contributed by atoms with Crippen LogP contribution in [0.2, 0.25) is 0 Å². The molecule has 136 valence electrons. The standard InChI is InChI=1S/C17H23N3O4S/c21-16(20-11-1-2-12-20)9-10-18-17(22)13-3-7-15(8-4-13)25(23,24)19-14-5-6-14/h3-4,7-8,14,19H,1-2,5-6,9-12H2,(H,18,22). The van der Waals surface area contributed by atoms with Crippen molar-refractivity contribution in [3.63, 3.8) is 0 Å². The molecule has 1 aliphatic carbocycles. The zero-order valence-corrected chi connectivity index (χ0v) is 14.8. The summed E-state index contributed by atoms with van der Waals surface area (Å²) in [7, 11) is -3.51. The maximum Gasteiger partial charge on any atom is 0.251 e. The lowest BCUT2D eigenvalue weighted by molar-refractivity contribution is -0.129. The molecule has 0 unspecified atom stereocenters. The van der Waals surface area contributed by atoms with Crippen LogP contribution < -0.4 is 10.0 Å². The van der Waals surface area contributed by atoms with Crippen LogP contribution in [0, 0.1) is 0 Å². The topological polar surface area (TPSA) is 95.6 Å². The smallest absolute Gasteiger partial charge is 0.251 e. The van der Waals surface area contributed by atoms with Gasteiger partial charge in [0.1, 0.15) is 0 Å². The average molecular weight is 365 g/mol. The van der Waals surface area contributed by atoms with Gasteiger partial charge in [-0.25, -0.2) is 13.1 Å². The minimum Gasteiger partial charge on any atom is -0.352 e. The highest BCUT2D eigenvalue weighted by molar-refractivity contribution is 7.89. The number of nitrogens with zero attached hydrogens (tertiary/aromatic N) is 1. The number of carbonyl (C=O) groups excluding carboxylic acids is 2. The summed E-state index contributed by atoms with van der Waals surface area (Å²) in [5, 5.41) is 2.70. The summed E-state index contributed by atoms with van der Waals surface area (Å²) in [6.45, 7) is 1.88. The molecular formula is C17H23N3O4S. The summed E-state index contributed by atoms with van der Waals surface area (Å²) >= 11 is 0. The highest BCUT2D eigenvalue weighted by Gasteiger charge is 2.28. The van der Waals surface area contributed by atoms with Crippen molar-refractivity contribution in [1.82, 2.24) is 14.9 Å². The molecule has 1 saturated heterocycles. The monoisotopic (exact) mass is 365 g/mol. The number of rotatable bonds is 7. The van der Waals surface area contributed by atoms with E-state index in [4.69, 9.17) is 0 Å². The van der Waals surface area contributed by atoms with Crippen molar-refractivity contribution in [2.24, 2.45) is 0 Å². The Morgan fingerprint density at radius 1 is 1.08 bits per heavy atom. The molecule has 1 aliphatic heterocycles. The van der Waals surface area contributed by atoms with E-state index in [0.717, 1.165) is 38.8 Å². The van der Waals surface area contributed by atoms with E-state index in [-0.39, 0.29) is 35.7 Å². The molecular weight excluding hydrogens is 342 g/mol.